The Hall–Kier alpha value is -4.58. The average molecular weight is 480 g/mol. The van der Waals surface area contributed by atoms with E-state index in [1.54, 1.807) is 6.20 Å². The first-order valence-corrected chi connectivity index (χ1v) is 11.8. The van der Waals surface area contributed by atoms with Crippen LogP contribution in [0.3, 0.4) is 0 Å². The third-order valence-corrected chi connectivity index (χ3v) is 6.02. The summed E-state index contributed by atoms with van der Waals surface area (Å²) in [6.45, 7) is 0.913. The number of aliphatic carboxylic acids is 1. The van der Waals surface area contributed by atoms with E-state index in [1.165, 1.54) is 0 Å². The summed E-state index contributed by atoms with van der Waals surface area (Å²) in [7, 11) is 0. The third kappa shape index (κ3) is 5.08. The summed E-state index contributed by atoms with van der Waals surface area (Å²) >= 11 is 0. The standard InChI is InChI=1S/C30H25NO5/c32-28(33)18-24-19-31-26-8-4-9-27(29(24)26)36-15-5-14-35-25-13-12-21-16-23(11-10-22(21)17-25)30(34)20-6-2-1-3-7-20/h1-4,6-13,16-17,19,31H,5,14-15,18H2,(H,32,33). The van der Waals surface area contributed by atoms with E-state index in [0.717, 1.165) is 27.4 Å². The van der Waals surface area contributed by atoms with E-state index < -0.39 is 5.97 Å². The maximum Gasteiger partial charge on any atom is 0.307 e. The minimum absolute atomic E-state index is 0.00300. The molecule has 0 unspecified atom stereocenters. The van der Waals surface area contributed by atoms with Gasteiger partial charge >= 0.3 is 5.97 Å². The molecule has 1 heterocycles. The normalized spacial score (nSPS) is 11.0. The van der Waals surface area contributed by atoms with E-state index in [1.807, 2.05) is 84.9 Å². The van der Waals surface area contributed by atoms with Crippen LogP contribution in [0.4, 0.5) is 0 Å². The Balaban J connectivity index is 1.18. The Bertz CT molecular complexity index is 1540. The highest BCUT2D eigenvalue weighted by Crippen LogP contribution is 2.29. The number of nitrogens with one attached hydrogen (secondary N) is 1. The topological polar surface area (TPSA) is 88.6 Å². The molecule has 5 rings (SSSR count). The van der Waals surface area contributed by atoms with Crippen molar-refractivity contribution in [3.8, 4) is 11.5 Å². The molecule has 5 aromatic rings. The number of rotatable bonds is 10. The number of hydrogen-bond donors (Lipinski definition) is 2. The highest BCUT2D eigenvalue weighted by atomic mass is 16.5. The fourth-order valence-electron chi connectivity index (χ4n) is 4.28. The first kappa shape index (κ1) is 23.2. The predicted octanol–water partition coefficient (Wildman–Crippen LogP) is 6.03. The SMILES string of the molecule is O=C(O)Cc1c[nH]c2cccc(OCCCOc3ccc4cc(C(=O)c5ccccc5)ccc4c3)c12. The molecular weight excluding hydrogens is 454 g/mol. The van der Waals surface area contributed by atoms with Crippen molar-refractivity contribution in [2.24, 2.45) is 0 Å². The monoisotopic (exact) mass is 479 g/mol. The first-order chi connectivity index (χ1) is 17.6. The van der Waals surface area contributed by atoms with Crippen LogP contribution in [0.1, 0.15) is 27.9 Å². The van der Waals surface area contributed by atoms with Crippen LogP contribution in [0.2, 0.25) is 0 Å². The van der Waals surface area contributed by atoms with Crippen LogP contribution in [0, 0.1) is 0 Å². The van der Waals surface area contributed by atoms with E-state index in [2.05, 4.69) is 4.98 Å². The Labute approximate surface area is 208 Å². The van der Waals surface area contributed by atoms with Crippen LogP contribution in [0.25, 0.3) is 21.7 Å². The van der Waals surface area contributed by atoms with E-state index in [0.29, 0.717) is 42.1 Å². The van der Waals surface area contributed by atoms with Crippen molar-refractivity contribution in [3.05, 3.63) is 108 Å². The predicted molar refractivity (Wildman–Crippen MR) is 139 cm³/mol. The fourth-order valence-corrected chi connectivity index (χ4v) is 4.28. The van der Waals surface area contributed by atoms with E-state index in [4.69, 9.17) is 14.6 Å². The zero-order chi connectivity index (χ0) is 24.9. The van der Waals surface area contributed by atoms with Crippen molar-refractivity contribution >= 4 is 33.4 Å². The maximum atomic E-state index is 12.7. The number of fused-ring (bicyclic) bond motifs is 2. The molecule has 0 spiro atoms. The number of hydrogen-bond acceptors (Lipinski definition) is 4. The van der Waals surface area contributed by atoms with Gasteiger partial charge in [0.15, 0.2) is 5.78 Å². The largest absolute Gasteiger partial charge is 0.493 e. The number of carbonyl (C=O) groups excluding carboxylic acids is 1. The van der Waals surface area contributed by atoms with Crippen LogP contribution < -0.4 is 9.47 Å². The zero-order valence-corrected chi connectivity index (χ0v) is 19.6. The maximum absolute atomic E-state index is 12.7. The second-order valence-electron chi connectivity index (χ2n) is 8.53. The minimum atomic E-state index is -0.881. The summed E-state index contributed by atoms with van der Waals surface area (Å²) in [5.41, 5.74) is 2.88. The summed E-state index contributed by atoms with van der Waals surface area (Å²) in [6, 6.07) is 26.4. The first-order valence-electron chi connectivity index (χ1n) is 11.8. The lowest BCUT2D eigenvalue weighted by Gasteiger charge is -2.11. The summed E-state index contributed by atoms with van der Waals surface area (Å²) < 4.78 is 11.9. The molecule has 4 aromatic carbocycles. The quantitative estimate of drug-likeness (QED) is 0.189. The van der Waals surface area contributed by atoms with Gasteiger partial charge in [-0.1, -0.05) is 54.6 Å². The van der Waals surface area contributed by atoms with Gasteiger partial charge in [-0.05, 0) is 46.7 Å². The van der Waals surface area contributed by atoms with Crippen LogP contribution in [-0.4, -0.2) is 35.1 Å². The molecule has 0 aliphatic carbocycles. The van der Waals surface area contributed by atoms with Gasteiger partial charge in [-0.2, -0.15) is 0 Å². The molecule has 0 bridgehead atoms. The molecule has 180 valence electrons. The molecule has 2 N–H and O–H groups in total. The highest BCUT2D eigenvalue weighted by Gasteiger charge is 2.13. The molecule has 0 amide bonds. The van der Waals surface area contributed by atoms with Crippen molar-refractivity contribution < 1.29 is 24.2 Å². The highest BCUT2D eigenvalue weighted by molar-refractivity contribution is 6.10. The van der Waals surface area contributed by atoms with Crippen LogP contribution in [-0.2, 0) is 11.2 Å². The second kappa shape index (κ2) is 10.4. The molecule has 0 saturated carbocycles. The van der Waals surface area contributed by atoms with Gasteiger partial charge in [0.05, 0.1) is 19.6 Å². The molecule has 0 atom stereocenters. The number of H-pyrrole nitrogens is 1. The average Bonchev–Trinajstić information content (AvgIpc) is 3.31. The van der Waals surface area contributed by atoms with E-state index in [9.17, 15) is 9.59 Å². The Kier molecular flexibility index (Phi) is 6.67. The Morgan fingerprint density at radius 3 is 2.39 bits per heavy atom. The molecule has 0 fully saturated rings. The molecule has 1 aromatic heterocycles. The van der Waals surface area contributed by atoms with Gasteiger partial charge in [-0.25, -0.2) is 0 Å². The van der Waals surface area contributed by atoms with Gasteiger partial charge in [0.25, 0.3) is 0 Å². The van der Waals surface area contributed by atoms with Gasteiger partial charge in [-0.3, -0.25) is 9.59 Å². The number of aromatic amines is 1. The van der Waals surface area contributed by atoms with Gasteiger partial charge in [0, 0.05) is 34.6 Å². The number of ketones is 1. The molecule has 36 heavy (non-hydrogen) atoms. The zero-order valence-electron chi connectivity index (χ0n) is 19.6. The van der Waals surface area contributed by atoms with Crippen LogP contribution in [0.15, 0.2) is 91.1 Å². The summed E-state index contributed by atoms with van der Waals surface area (Å²) in [4.78, 5) is 27.0. The van der Waals surface area contributed by atoms with Gasteiger partial charge in [0.1, 0.15) is 11.5 Å². The molecular formula is C30H25NO5. The lowest BCUT2D eigenvalue weighted by molar-refractivity contribution is -0.136. The number of carboxylic acid groups (broad SMARTS) is 1. The molecule has 0 aliphatic heterocycles. The Morgan fingerprint density at radius 2 is 1.56 bits per heavy atom. The summed E-state index contributed by atoms with van der Waals surface area (Å²) in [5, 5.41) is 11.9. The molecule has 6 heteroatoms. The molecule has 0 radical (unpaired) electrons. The van der Waals surface area contributed by atoms with Crippen molar-refractivity contribution in [1.82, 2.24) is 4.98 Å². The molecule has 0 saturated heterocycles. The third-order valence-electron chi connectivity index (χ3n) is 6.02. The van der Waals surface area contributed by atoms with Crippen molar-refractivity contribution in [1.29, 1.82) is 0 Å². The van der Waals surface area contributed by atoms with Gasteiger partial charge < -0.3 is 19.6 Å². The second-order valence-corrected chi connectivity index (χ2v) is 8.53. The molecule has 0 aliphatic rings. The van der Waals surface area contributed by atoms with Crippen LogP contribution >= 0.6 is 0 Å². The van der Waals surface area contributed by atoms with Gasteiger partial charge in [-0.15, -0.1) is 0 Å². The number of ether oxygens (including phenoxy) is 2. The van der Waals surface area contributed by atoms with Crippen LogP contribution in [0.5, 0.6) is 11.5 Å². The minimum Gasteiger partial charge on any atom is -0.493 e. The number of carbonyl (C=O) groups is 2. The summed E-state index contributed by atoms with van der Waals surface area (Å²) in [5.74, 6) is 0.536. The number of benzene rings is 4. The van der Waals surface area contributed by atoms with Crippen molar-refractivity contribution in [2.75, 3.05) is 13.2 Å². The number of carboxylic acids is 1. The van der Waals surface area contributed by atoms with Crippen molar-refractivity contribution in [2.45, 2.75) is 12.8 Å². The van der Waals surface area contributed by atoms with Gasteiger partial charge in [0.2, 0.25) is 0 Å². The molecule has 6 nitrogen and oxygen atoms in total. The summed E-state index contributed by atoms with van der Waals surface area (Å²) in [6.07, 6.45) is 2.32. The Morgan fingerprint density at radius 1 is 0.778 bits per heavy atom. The lowest BCUT2D eigenvalue weighted by Crippen LogP contribution is -2.06. The smallest absolute Gasteiger partial charge is 0.307 e. The fraction of sp³-hybridized carbons (Fsp3) is 0.133. The van der Waals surface area contributed by atoms with E-state index in [-0.39, 0.29) is 12.2 Å². The van der Waals surface area contributed by atoms with Crippen molar-refractivity contribution in [3.63, 3.8) is 0 Å². The van der Waals surface area contributed by atoms with E-state index >= 15 is 0 Å². The number of aromatic nitrogens is 1. The lowest BCUT2D eigenvalue weighted by atomic mass is 10.00.